The van der Waals surface area contributed by atoms with Crippen LogP contribution in [0.2, 0.25) is 0 Å². The summed E-state index contributed by atoms with van der Waals surface area (Å²) in [5.41, 5.74) is 0. The second kappa shape index (κ2) is 7.57. The van der Waals surface area contributed by atoms with Crippen molar-refractivity contribution in [2.24, 2.45) is 11.8 Å². The van der Waals surface area contributed by atoms with E-state index in [2.05, 4.69) is 17.1 Å². The number of anilines is 1. The van der Waals surface area contributed by atoms with Gasteiger partial charge in [-0.25, -0.2) is 0 Å². The molecular formula is C16H24N4O3S. The molecule has 0 radical (unpaired) electrons. The molecule has 1 unspecified atom stereocenters. The maximum atomic E-state index is 12.7. The van der Waals surface area contributed by atoms with Crippen molar-refractivity contribution in [3.8, 4) is 0 Å². The molecule has 8 heteroatoms. The quantitative estimate of drug-likeness (QED) is 0.806. The number of likely N-dealkylation sites (tertiary alicyclic amines) is 1. The van der Waals surface area contributed by atoms with E-state index in [1.807, 2.05) is 11.8 Å². The molecule has 2 aliphatic rings. The molecule has 0 aromatic carbocycles. The van der Waals surface area contributed by atoms with Gasteiger partial charge in [-0.2, -0.15) is 0 Å². The van der Waals surface area contributed by atoms with Crippen LogP contribution in [0.5, 0.6) is 0 Å². The molecule has 2 aliphatic heterocycles. The van der Waals surface area contributed by atoms with Crippen LogP contribution in [-0.2, 0) is 20.9 Å². The van der Waals surface area contributed by atoms with E-state index in [0.717, 1.165) is 30.9 Å². The fourth-order valence-corrected chi connectivity index (χ4v) is 3.95. The van der Waals surface area contributed by atoms with Crippen LogP contribution in [0.4, 0.5) is 5.13 Å². The number of rotatable bonds is 5. The number of hydrogen-bond donors (Lipinski definition) is 0. The average Bonchev–Trinajstić information content (AvgIpc) is 3.19. The zero-order valence-corrected chi connectivity index (χ0v) is 15.0. The maximum Gasteiger partial charge on any atom is 0.229 e. The number of aromatic nitrogens is 2. The minimum Gasteiger partial charge on any atom is -0.374 e. The molecule has 132 valence electrons. The van der Waals surface area contributed by atoms with E-state index < -0.39 is 0 Å². The van der Waals surface area contributed by atoms with E-state index in [-0.39, 0.29) is 24.2 Å². The van der Waals surface area contributed by atoms with Crippen molar-refractivity contribution < 1.29 is 14.3 Å². The SMILES string of the molecule is CCOCc1nnc(N2CC(C(=O)N3CCC(C)CC3)CC2=O)s1. The number of piperidine rings is 1. The first-order valence-corrected chi connectivity index (χ1v) is 9.39. The van der Waals surface area contributed by atoms with Gasteiger partial charge in [0.2, 0.25) is 16.9 Å². The van der Waals surface area contributed by atoms with Crippen LogP contribution in [0, 0.1) is 11.8 Å². The first-order chi connectivity index (χ1) is 11.6. The van der Waals surface area contributed by atoms with E-state index in [4.69, 9.17) is 4.74 Å². The number of carbonyl (C=O) groups is 2. The van der Waals surface area contributed by atoms with Gasteiger partial charge in [-0.05, 0) is 25.7 Å². The third-order valence-corrected chi connectivity index (χ3v) is 5.61. The summed E-state index contributed by atoms with van der Waals surface area (Å²) in [5, 5.41) is 9.46. The molecule has 1 aromatic heterocycles. The van der Waals surface area contributed by atoms with Crippen LogP contribution in [0.3, 0.4) is 0 Å². The number of carbonyl (C=O) groups excluding carboxylic acids is 2. The summed E-state index contributed by atoms with van der Waals surface area (Å²) in [5.74, 6) is 0.487. The lowest BCUT2D eigenvalue weighted by molar-refractivity contribution is -0.137. The molecule has 3 heterocycles. The standard InChI is InChI=1S/C16H24N4O3S/c1-3-23-10-13-17-18-16(24-13)20-9-12(8-14(20)21)15(22)19-6-4-11(2)5-7-19/h11-12H,3-10H2,1-2H3. The third kappa shape index (κ3) is 3.75. The number of nitrogens with zero attached hydrogens (tertiary/aromatic N) is 4. The molecule has 1 atom stereocenters. The second-order valence-corrected chi connectivity index (χ2v) is 7.57. The Balaban J connectivity index is 1.61. The smallest absolute Gasteiger partial charge is 0.229 e. The Morgan fingerprint density at radius 3 is 2.79 bits per heavy atom. The summed E-state index contributed by atoms with van der Waals surface area (Å²) < 4.78 is 5.31. The lowest BCUT2D eigenvalue weighted by atomic mass is 9.97. The number of ether oxygens (including phenoxy) is 1. The van der Waals surface area contributed by atoms with Gasteiger partial charge in [-0.3, -0.25) is 14.5 Å². The molecule has 2 saturated heterocycles. The van der Waals surface area contributed by atoms with Gasteiger partial charge >= 0.3 is 0 Å². The number of amides is 2. The molecule has 24 heavy (non-hydrogen) atoms. The lowest BCUT2D eigenvalue weighted by Crippen LogP contribution is -2.42. The first-order valence-electron chi connectivity index (χ1n) is 8.57. The van der Waals surface area contributed by atoms with Gasteiger partial charge in [0.15, 0.2) is 0 Å². The van der Waals surface area contributed by atoms with E-state index in [1.165, 1.54) is 11.3 Å². The molecule has 1 aromatic rings. The van der Waals surface area contributed by atoms with Crippen molar-refractivity contribution >= 4 is 28.3 Å². The minimum atomic E-state index is -0.259. The van der Waals surface area contributed by atoms with Gasteiger partial charge in [-0.15, -0.1) is 10.2 Å². The molecule has 7 nitrogen and oxygen atoms in total. The molecule has 2 amide bonds. The van der Waals surface area contributed by atoms with Crippen molar-refractivity contribution in [3.05, 3.63) is 5.01 Å². The summed E-state index contributed by atoms with van der Waals surface area (Å²) >= 11 is 1.36. The maximum absolute atomic E-state index is 12.7. The van der Waals surface area contributed by atoms with Gasteiger partial charge in [0.25, 0.3) is 0 Å². The summed E-state index contributed by atoms with van der Waals surface area (Å²) in [6.45, 7) is 7.19. The van der Waals surface area contributed by atoms with Gasteiger partial charge in [0, 0.05) is 32.7 Å². The molecule has 0 N–H and O–H groups in total. The third-order valence-electron chi connectivity index (χ3n) is 4.69. The highest BCUT2D eigenvalue weighted by Gasteiger charge is 2.39. The van der Waals surface area contributed by atoms with Gasteiger partial charge in [-0.1, -0.05) is 18.3 Å². The van der Waals surface area contributed by atoms with Crippen molar-refractivity contribution in [3.63, 3.8) is 0 Å². The van der Waals surface area contributed by atoms with Crippen LogP contribution in [0.1, 0.15) is 38.1 Å². The highest BCUT2D eigenvalue weighted by molar-refractivity contribution is 7.15. The summed E-state index contributed by atoms with van der Waals surface area (Å²) in [6.07, 6.45) is 2.37. The minimum absolute atomic E-state index is 0.0437. The Morgan fingerprint density at radius 1 is 1.33 bits per heavy atom. The summed E-state index contributed by atoms with van der Waals surface area (Å²) in [4.78, 5) is 28.5. The van der Waals surface area contributed by atoms with E-state index in [1.54, 1.807) is 4.90 Å². The zero-order chi connectivity index (χ0) is 17.1. The monoisotopic (exact) mass is 352 g/mol. The van der Waals surface area contributed by atoms with E-state index >= 15 is 0 Å². The fraction of sp³-hybridized carbons (Fsp3) is 0.750. The molecule has 0 saturated carbocycles. The molecule has 0 aliphatic carbocycles. The van der Waals surface area contributed by atoms with Crippen LogP contribution >= 0.6 is 11.3 Å². The predicted octanol–water partition coefficient (Wildman–Crippen LogP) is 1.69. The fourth-order valence-electron chi connectivity index (χ4n) is 3.15. The Kier molecular flexibility index (Phi) is 5.45. The molecule has 2 fully saturated rings. The van der Waals surface area contributed by atoms with Gasteiger partial charge < -0.3 is 9.64 Å². The van der Waals surface area contributed by atoms with E-state index in [0.29, 0.717) is 30.8 Å². The highest BCUT2D eigenvalue weighted by atomic mass is 32.1. The Morgan fingerprint density at radius 2 is 2.08 bits per heavy atom. The molecule has 0 bridgehead atoms. The second-order valence-electron chi connectivity index (χ2n) is 6.53. The predicted molar refractivity (Wildman–Crippen MR) is 90.7 cm³/mol. The van der Waals surface area contributed by atoms with Crippen LogP contribution in [0.15, 0.2) is 0 Å². The topological polar surface area (TPSA) is 75.6 Å². The summed E-state index contributed by atoms with van der Waals surface area (Å²) in [6, 6.07) is 0. The molecule has 0 spiro atoms. The largest absolute Gasteiger partial charge is 0.374 e. The van der Waals surface area contributed by atoms with Crippen molar-refractivity contribution in [2.45, 2.75) is 39.7 Å². The normalized spacial score (nSPS) is 22.4. The molecular weight excluding hydrogens is 328 g/mol. The van der Waals surface area contributed by atoms with Crippen LogP contribution in [-0.4, -0.2) is 53.2 Å². The van der Waals surface area contributed by atoms with Crippen molar-refractivity contribution in [2.75, 3.05) is 31.1 Å². The van der Waals surface area contributed by atoms with Gasteiger partial charge in [0.1, 0.15) is 11.6 Å². The summed E-state index contributed by atoms with van der Waals surface area (Å²) in [7, 11) is 0. The van der Waals surface area contributed by atoms with E-state index in [9.17, 15) is 9.59 Å². The lowest BCUT2D eigenvalue weighted by Gasteiger charge is -2.32. The Labute approximate surface area is 146 Å². The van der Waals surface area contributed by atoms with Crippen LogP contribution < -0.4 is 4.90 Å². The average molecular weight is 352 g/mol. The highest BCUT2D eigenvalue weighted by Crippen LogP contribution is 2.30. The first kappa shape index (κ1) is 17.3. The zero-order valence-electron chi connectivity index (χ0n) is 14.2. The van der Waals surface area contributed by atoms with Crippen LogP contribution in [0.25, 0.3) is 0 Å². The Hall–Kier alpha value is -1.54. The molecule has 3 rings (SSSR count). The van der Waals surface area contributed by atoms with Gasteiger partial charge in [0.05, 0.1) is 5.92 Å². The van der Waals surface area contributed by atoms with Crippen molar-refractivity contribution in [1.29, 1.82) is 0 Å². The van der Waals surface area contributed by atoms with Crippen molar-refractivity contribution in [1.82, 2.24) is 15.1 Å². The number of hydrogen-bond acceptors (Lipinski definition) is 6. The Bertz CT molecular complexity index is 598.